The van der Waals surface area contributed by atoms with Crippen LogP contribution >= 0.6 is 0 Å². The van der Waals surface area contributed by atoms with Crippen LogP contribution in [0.1, 0.15) is 32.6 Å². The van der Waals surface area contributed by atoms with Crippen molar-refractivity contribution in [3.63, 3.8) is 0 Å². The lowest BCUT2D eigenvalue weighted by Gasteiger charge is -2.24. The monoisotopic (exact) mass is 273 g/mol. The molecule has 1 aliphatic rings. The molecule has 3 atom stereocenters. The molecule has 0 aromatic carbocycles. The summed E-state index contributed by atoms with van der Waals surface area (Å²) in [4.78, 5) is 0. The molecule has 0 aromatic heterocycles. The van der Waals surface area contributed by atoms with E-state index in [0.717, 1.165) is 12.7 Å². The van der Waals surface area contributed by atoms with E-state index < -0.39 is 33.7 Å². The van der Waals surface area contributed by atoms with E-state index in [0.29, 0.717) is 12.8 Å². The summed E-state index contributed by atoms with van der Waals surface area (Å²) in [6, 6.07) is -1.09. The van der Waals surface area contributed by atoms with Crippen molar-refractivity contribution in [3.8, 4) is 0 Å². The number of nitrogens with one attached hydrogen (secondary N) is 1. The molecule has 0 amide bonds. The molecule has 3 nitrogen and oxygen atoms in total. The van der Waals surface area contributed by atoms with E-state index in [1.54, 1.807) is 0 Å². The normalized spacial score (nSPS) is 28.3. The maximum absolute atomic E-state index is 12.2. The molecule has 0 spiro atoms. The zero-order valence-corrected chi connectivity index (χ0v) is 10.7. The minimum Gasteiger partial charge on any atom is -0.310 e. The number of rotatable bonds is 4. The van der Waals surface area contributed by atoms with Crippen molar-refractivity contribution in [1.82, 2.24) is 5.32 Å². The Morgan fingerprint density at radius 3 is 2.41 bits per heavy atom. The fourth-order valence-corrected chi connectivity index (χ4v) is 3.81. The Labute approximate surface area is 99.7 Å². The van der Waals surface area contributed by atoms with Gasteiger partial charge in [-0.25, -0.2) is 8.42 Å². The number of sulfone groups is 1. The molecule has 0 bridgehead atoms. The van der Waals surface area contributed by atoms with Crippen molar-refractivity contribution in [3.05, 3.63) is 0 Å². The fourth-order valence-electron chi connectivity index (χ4n) is 2.40. The highest BCUT2D eigenvalue weighted by Crippen LogP contribution is 2.27. The van der Waals surface area contributed by atoms with Crippen LogP contribution in [0.2, 0.25) is 0 Å². The summed E-state index contributed by atoms with van der Waals surface area (Å²) >= 11 is 0. The van der Waals surface area contributed by atoms with Crippen LogP contribution in [0.25, 0.3) is 0 Å². The summed E-state index contributed by atoms with van der Waals surface area (Å²) in [6.45, 7) is 1.44. The van der Waals surface area contributed by atoms with Gasteiger partial charge in [-0.3, -0.25) is 0 Å². The fraction of sp³-hybridized carbons (Fsp3) is 1.00. The number of hydrogen-bond acceptors (Lipinski definition) is 3. The second-order valence-electron chi connectivity index (χ2n) is 4.79. The van der Waals surface area contributed by atoms with Crippen LogP contribution in [0.4, 0.5) is 13.2 Å². The molecule has 1 fully saturated rings. The van der Waals surface area contributed by atoms with E-state index in [2.05, 4.69) is 5.32 Å². The minimum atomic E-state index is -4.22. The maximum atomic E-state index is 12.2. The van der Waals surface area contributed by atoms with Crippen LogP contribution in [0.3, 0.4) is 0 Å². The van der Waals surface area contributed by atoms with Crippen LogP contribution in [0.5, 0.6) is 0 Å². The van der Waals surface area contributed by atoms with Gasteiger partial charge in [-0.05, 0) is 19.8 Å². The predicted molar refractivity (Wildman–Crippen MR) is 59.5 cm³/mol. The first-order chi connectivity index (χ1) is 7.59. The molecule has 0 heterocycles. The van der Waals surface area contributed by atoms with Gasteiger partial charge >= 0.3 is 6.18 Å². The average molecular weight is 273 g/mol. The second-order valence-corrected chi connectivity index (χ2v) is 7.06. The molecule has 0 aliphatic heterocycles. The van der Waals surface area contributed by atoms with Gasteiger partial charge in [0.15, 0.2) is 9.84 Å². The van der Waals surface area contributed by atoms with Gasteiger partial charge in [0.05, 0.1) is 11.7 Å². The molecule has 0 aromatic rings. The van der Waals surface area contributed by atoms with Gasteiger partial charge in [0.25, 0.3) is 0 Å². The van der Waals surface area contributed by atoms with E-state index >= 15 is 0 Å². The minimum absolute atomic E-state index is 0.345. The van der Waals surface area contributed by atoms with Crippen LogP contribution in [0, 0.1) is 0 Å². The van der Waals surface area contributed by atoms with Crippen molar-refractivity contribution in [2.45, 2.75) is 56.1 Å². The van der Waals surface area contributed by atoms with Gasteiger partial charge in [-0.1, -0.05) is 6.42 Å². The molecule has 1 N–H and O–H groups in total. The second kappa shape index (κ2) is 5.14. The quantitative estimate of drug-likeness (QED) is 0.850. The van der Waals surface area contributed by atoms with Crippen molar-refractivity contribution >= 4 is 9.84 Å². The molecule has 17 heavy (non-hydrogen) atoms. The zero-order valence-electron chi connectivity index (χ0n) is 9.92. The Morgan fingerprint density at radius 2 is 1.94 bits per heavy atom. The number of alkyl halides is 3. The Morgan fingerprint density at radius 1 is 1.35 bits per heavy atom. The van der Waals surface area contributed by atoms with Gasteiger partial charge in [0.1, 0.15) is 0 Å². The van der Waals surface area contributed by atoms with Crippen LogP contribution in [-0.4, -0.2) is 38.2 Å². The summed E-state index contributed by atoms with van der Waals surface area (Å²) < 4.78 is 59.4. The van der Waals surface area contributed by atoms with E-state index in [1.807, 2.05) is 0 Å². The largest absolute Gasteiger partial charge is 0.390 e. The van der Waals surface area contributed by atoms with Crippen molar-refractivity contribution in [2.75, 3.05) is 6.26 Å². The van der Waals surface area contributed by atoms with Crippen LogP contribution in [-0.2, 0) is 9.84 Å². The Balaban J connectivity index is 2.57. The van der Waals surface area contributed by atoms with Gasteiger partial charge in [-0.2, -0.15) is 13.2 Å². The lowest BCUT2D eigenvalue weighted by atomic mass is 10.1. The third kappa shape index (κ3) is 4.83. The first kappa shape index (κ1) is 14.8. The van der Waals surface area contributed by atoms with E-state index in [4.69, 9.17) is 0 Å². The molecule has 1 rings (SSSR count). The van der Waals surface area contributed by atoms with E-state index in [1.165, 1.54) is 6.92 Å². The standard InChI is InChI=1S/C10H18F3NO2S/c1-7(6-10(11,12)13)14-8-4-3-5-9(8)17(2,15)16/h7-9,14H,3-6H2,1-2H3. The summed E-state index contributed by atoms with van der Waals surface area (Å²) in [7, 11) is -3.18. The summed E-state index contributed by atoms with van der Waals surface area (Å²) in [5.74, 6) is 0. The lowest BCUT2D eigenvalue weighted by molar-refractivity contribution is -0.139. The highest BCUT2D eigenvalue weighted by Gasteiger charge is 2.37. The molecule has 1 aliphatic carbocycles. The van der Waals surface area contributed by atoms with E-state index in [-0.39, 0.29) is 6.04 Å². The highest BCUT2D eigenvalue weighted by atomic mass is 32.2. The molecule has 0 saturated heterocycles. The number of halogens is 3. The van der Waals surface area contributed by atoms with Gasteiger partial charge in [-0.15, -0.1) is 0 Å². The summed E-state index contributed by atoms with van der Waals surface area (Å²) in [5, 5.41) is 2.25. The third-order valence-corrected chi connectivity index (χ3v) is 4.70. The van der Waals surface area contributed by atoms with Gasteiger partial charge in [0.2, 0.25) is 0 Å². The maximum Gasteiger partial charge on any atom is 0.390 e. The molecular weight excluding hydrogens is 255 g/mol. The smallest absolute Gasteiger partial charge is 0.310 e. The molecule has 0 radical (unpaired) electrons. The molecule has 7 heteroatoms. The Bertz CT molecular complexity index is 353. The first-order valence-electron chi connectivity index (χ1n) is 5.61. The third-order valence-electron chi connectivity index (χ3n) is 3.04. The molecule has 102 valence electrons. The zero-order chi connectivity index (χ0) is 13.3. The van der Waals surface area contributed by atoms with Crippen molar-refractivity contribution in [2.24, 2.45) is 0 Å². The molecule has 1 saturated carbocycles. The highest BCUT2D eigenvalue weighted by molar-refractivity contribution is 7.91. The van der Waals surface area contributed by atoms with Crippen molar-refractivity contribution < 1.29 is 21.6 Å². The van der Waals surface area contributed by atoms with Gasteiger partial charge in [0, 0.05) is 18.3 Å². The SMILES string of the molecule is CC(CC(F)(F)F)NC1CCCC1S(C)(=O)=O. The van der Waals surface area contributed by atoms with Crippen LogP contribution < -0.4 is 5.32 Å². The Kier molecular flexibility index (Phi) is 4.46. The lowest BCUT2D eigenvalue weighted by Crippen LogP contribution is -2.45. The average Bonchev–Trinajstić information content (AvgIpc) is 2.46. The Hall–Kier alpha value is -0.300. The van der Waals surface area contributed by atoms with E-state index in [9.17, 15) is 21.6 Å². The summed E-state index contributed by atoms with van der Waals surface area (Å²) in [6.07, 6.45) is -2.10. The van der Waals surface area contributed by atoms with Crippen molar-refractivity contribution in [1.29, 1.82) is 0 Å². The number of hydrogen-bond donors (Lipinski definition) is 1. The van der Waals surface area contributed by atoms with Crippen LogP contribution in [0.15, 0.2) is 0 Å². The summed E-state index contributed by atoms with van der Waals surface area (Å²) in [5.41, 5.74) is 0. The predicted octanol–water partition coefficient (Wildman–Crippen LogP) is 1.88. The topological polar surface area (TPSA) is 46.2 Å². The molecule has 3 unspecified atom stereocenters. The first-order valence-corrected chi connectivity index (χ1v) is 7.57. The molecular formula is C10H18F3NO2S. The van der Waals surface area contributed by atoms with Gasteiger partial charge < -0.3 is 5.32 Å².